The van der Waals surface area contributed by atoms with Crippen LogP contribution in [-0.4, -0.2) is 18.9 Å². The van der Waals surface area contributed by atoms with Crippen LogP contribution in [0.3, 0.4) is 0 Å². The first-order chi connectivity index (χ1) is 10.8. The van der Waals surface area contributed by atoms with Crippen LogP contribution < -0.4 is 14.8 Å². The Kier molecular flexibility index (Phi) is 5.05. The standard InChI is InChI=1S/C15H11F4NO3/c16-10-1-5-12(6-2-10)22-9-14(21)20-11-3-7-13(8-4-11)23-15(17,18)19/h1-8H,9H2,(H,20,21). The molecule has 0 spiro atoms. The number of carbonyl (C=O) groups excluding carboxylic acids is 1. The Morgan fingerprint density at radius 2 is 1.52 bits per heavy atom. The molecule has 0 radical (unpaired) electrons. The summed E-state index contributed by atoms with van der Waals surface area (Å²) in [6.07, 6.45) is -4.77. The number of carbonyl (C=O) groups is 1. The van der Waals surface area contributed by atoms with Gasteiger partial charge in [-0.1, -0.05) is 0 Å². The van der Waals surface area contributed by atoms with E-state index in [4.69, 9.17) is 4.74 Å². The minimum Gasteiger partial charge on any atom is -0.484 e. The van der Waals surface area contributed by atoms with Crippen molar-refractivity contribution in [2.45, 2.75) is 6.36 Å². The van der Waals surface area contributed by atoms with Gasteiger partial charge in [-0.25, -0.2) is 4.39 Å². The lowest BCUT2D eigenvalue weighted by atomic mass is 10.3. The highest BCUT2D eigenvalue weighted by atomic mass is 19.4. The van der Waals surface area contributed by atoms with Gasteiger partial charge in [-0.15, -0.1) is 13.2 Å². The van der Waals surface area contributed by atoms with Gasteiger partial charge in [0.1, 0.15) is 17.3 Å². The van der Waals surface area contributed by atoms with Crippen LogP contribution in [0.5, 0.6) is 11.5 Å². The van der Waals surface area contributed by atoms with E-state index < -0.39 is 23.8 Å². The Balaban J connectivity index is 1.84. The lowest BCUT2D eigenvalue weighted by molar-refractivity contribution is -0.274. The number of anilines is 1. The van der Waals surface area contributed by atoms with Gasteiger partial charge in [-0.05, 0) is 48.5 Å². The predicted octanol–water partition coefficient (Wildman–Crippen LogP) is 3.74. The Bertz CT molecular complexity index is 654. The molecule has 1 amide bonds. The van der Waals surface area contributed by atoms with Gasteiger partial charge in [0.15, 0.2) is 6.61 Å². The Labute approximate surface area is 128 Å². The zero-order valence-electron chi connectivity index (χ0n) is 11.6. The average Bonchev–Trinajstić information content (AvgIpc) is 2.47. The van der Waals surface area contributed by atoms with Crippen molar-refractivity contribution in [3.05, 3.63) is 54.3 Å². The second-order valence-corrected chi connectivity index (χ2v) is 4.36. The van der Waals surface area contributed by atoms with E-state index in [2.05, 4.69) is 10.1 Å². The highest BCUT2D eigenvalue weighted by molar-refractivity contribution is 5.91. The Morgan fingerprint density at radius 1 is 0.957 bits per heavy atom. The van der Waals surface area contributed by atoms with Crippen LogP contribution in [0.25, 0.3) is 0 Å². The molecule has 0 heterocycles. The third-order valence-corrected chi connectivity index (χ3v) is 2.56. The molecule has 0 saturated carbocycles. The van der Waals surface area contributed by atoms with Crippen LogP contribution in [0.2, 0.25) is 0 Å². The fourth-order valence-electron chi connectivity index (χ4n) is 1.62. The number of benzene rings is 2. The van der Waals surface area contributed by atoms with Crippen molar-refractivity contribution in [1.29, 1.82) is 0 Å². The molecule has 122 valence electrons. The van der Waals surface area contributed by atoms with Gasteiger partial charge in [0, 0.05) is 5.69 Å². The molecule has 2 aromatic rings. The highest BCUT2D eigenvalue weighted by Gasteiger charge is 2.30. The zero-order valence-corrected chi connectivity index (χ0v) is 11.6. The van der Waals surface area contributed by atoms with Gasteiger partial charge in [0.2, 0.25) is 0 Å². The largest absolute Gasteiger partial charge is 0.573 e. The first-order valence-electron chi connectivity index (χ1n) is 6.36. The van der Waals surface area contributed by atoms with Gasteiger partial charge in [0.05, 0.1) is 0 Å². The summed E-state index contributed by atoms with van der Waals surface area (Å²) in [5.74, 6) is -1.02. The maximum absolute atomic E-state index is 12.7. The smallest absolute Gasteiger partial charge is 0.484 e. The molecular weight excluding hydrogens is 318 g/mol. The molecular formula is C15H11F4NO3. The quantitative estimate of drug-likeness (QED) is 0.850. The summed E-state index contributed by atoms with van der Waals surface area (Å²) in [7, 11) is 0. The molecule has 0 aromatic heterocycles. The minimum atomic E-state index is -4.77. The highest BCUT2D eigenvalue weighted by Crippen LogP contribution is 2.23. The molecule has 4 nitrogen and oxygen atoms in total. The van der Waals surface area contributed by atoms with Crippen molar-refractivity contribution >= 4 is 11.6 Å². The normalized spacial score (nSPS) is 11.0. The van der Waals surface area contributed by atoms with E-state index in [1.54, 1.807) is 0 Å². The molecule has 0 fully saturated rings. The summed E-state index contributed by atoms with van der Waals surface area (Å²) < 4.78 is 57.6. The predicted molar refractivity (Wildman–Crippen MR) is 73.6 cm³/mol. The molecule has 2 rings (SSSR count). The average molecular weight is 329 g/mol. The zero-order chi connectivity index (χ0) is 16.9. The topological polar surface area (TPSA) is 47.6 Å². The van der Waals surface area contributed by atoms with E-state index in [1.807, 2.05) is 0 Å². The van der Waals surface area contributed by atoms with Crippen LogP contribution in [0.15, 0.2) is 48.5 Å². The number of amides is 1. The van der Waals surface area contributed by atoms with E-state index >= 15 is 0 Å². The lowest BCUT2D eigenvalue weighted by Crippen LogP contribution is -2.20. The fraction of sp³-hybridized carbons (Fsp3) is 0.133. The Hall–Kier alpha value is -2.77. The van der Waals surface area contributed by atoms with E-state index in [9.17, 15) is 22.4 Å². The maximum Gasteiger partial charge on any atom is 0.573 e. The van der Waals surface area contributed by atoms with E-state index in [-0.39, 0.29) is 12.3 Å². The summed E-state index contributed by atoms with van der Waals surface area (Å²) in [5.41, 5.74) is 0.284. The molecule has 0 saturated heterocycles. The second kappa shape index (κ2) is 6.99. The first kappa shape index (κ1) is 16.6. The minimum absolute atomic E-state index is 0.284. The third kappa shape index (κ3) is 5.85. The van der Waals surface area contributed by atoms with Gasteiger partial charge in [-0.3, -0.25) is 4.79 Å². The van der Waals surface area contributed by atoms with Crippen LogP contribution >= 0.6 is 0 Å². The fourth-order valence-corrected chi connectivity index (χ4v) is 1.62. The number of halogens is 4. The monoisotopic (exact) mass is 329 g/mol. The van der Waals surface area contributed by atoms with Crippen LogP contribution in [0, 0.1) is 5.82 Å². The van der Waals surface area contributed by atoms with Gasteiger partial charge >= 0.3 is 6.36 Å². The molecule has 0 unspecified atom stereocenters. The molecule has 0 aliphatic heterocycles. The summed E-state index contributed by atoms with van der Waals surface area (Å²) in [5, 5.41) is 2.44. The van der Waals surface area contributed by atoms with Crippen molar-refractivity contribution in [3.8, 4) is 11.5 Å². The molecule has 23 heavy (non-hydrogen) atoms. The molecule has 0 aliphatic rings. The summed E-state index contributed by atoms with van der Waals surface area (Å²) in [6, 6.07) is 9.78. The molecule has 1 N–H and O–H groups in total. The summed E-state index contributed by atoms with van der Waals surface area (Å²) in [4.78, 5) is 11.6. The van der Waals surface area contributed by atoms with Gasteiger partial charge < -0.3 is 14.8 Å². The molecule has 0 atom stereocenters. The lowest BCUT2D eigenvalue weighted by Gasteiger charge is -2.10. The second-order valence-electron chi connectivity index (χ2n) is 4.36. The van der Waals surface area contributed by atoms with Crippen molar-refractivity contribution in [1.82, 2.24) is 0 Å². The molecule has 8 heteroatoms. The van der Waals surface area contributed by atoms with Crippen LogP contribution in [0.4, 0.5) is 23.2 Å². The maximum atomic E-state index is 12.7. The van der Waals surface area contributed by atoms with Gasteiger partial charge in [-0.2, -0.15) is 0 Å². The number of hydrogen-bond donors (Lipinski definition) is 1. The number of hydrogen-bond acceptors (Lipinski definition) is 3. The summed E-state index contributed by atoms with van der Waals surface area (Å²) >= 11 is 0. The van der Waals surface area contributed by atoms with E-state index in [1.165, 1.54) is 36.4 Å². The SMILES string of the molecule is O=C(COc1ccc(F)cc1)Nc1ccc(OC(F)(F)F)cc1. The first-order valence-corrected chi connectivity index (χ1v) is 6.36. The Morgan fingerprint density at radius 3 is 2.09 bits per heavy atom. The van der Waals surface area contributed by atoms with E-state index in [0.29, 0.717) is 5.75 Å². The van der Waals surface area contributed by atoms with Crippen molar-refractivity contribution < 1.29 is 31.8 Å². The number of alkyl halides is 3. The van der Waals surface area contributed by atoms with E-state index in [0.717, 1.165) is 12.1 Å². The van der Waals surface area contributed by atoms with Gasteiger partial charge in [0.25, 0.3) is 5.91 Å². The third-order valence-electron chi connectivity index (χ3n) is 2.56. The number of ether oxygens (including phenoxy) is 2. The number of nitrogens with one attached hydrogen (secondary N) is 1. The molecule has 0 aliphatic carbocycles. The van der Waals surface area contributed by atoms with Crippen LogP contribution in [0.1, 0.15) is 0 Å². The molecule has 2 aromatic carbocycles. The number of rotatable bonds is 5. The molecule has 0 bridgehead atoms. The van der Waals surface area contributed by atoms with Crippen LogP contribution in [-0.2, 0) is 4.79 Å². The summed E-state index contributed by atoms with van der Waals surface area (Å²) in [6.45, 7) is -0.327. The van der Waals surface area contributed by atoms with Crippen molar-refractivity contribution in [2.75, 3.05) is 11.9 Å². The van der Waals surface area contributed by atoms with Crippen molar-refractivity contribution in [2.24, 2.45) is 0 Å². The van der Waals surface area contributed by atoms with Crippen molar-refractivity contribution in [3.63, 3.8) is 0 Å².